The molecule has 0 amide bonds. The van der Waals surface area contributed by atoms with E-state index >= 15 is 0 Å². The first-order valence-electron chi connectivity index (χ1n) is 7.98. The number of aliphatic hydroxyl groups excluding tert-OH is 3. The van der Waals surface area contributed by atoms with Crippen LogP contribution < -0.4 is 20.5 Å². The lowest BCUT2D eigenvalue weighted by atomic mass is 10.1. The second-order valence-electron chi connectivity index (χ2n) is 6.23. The Labute approximate surface area is 150 Å². The maximum atomic E-state index is 10.7. The average molecular weight is 372 g/mol. The Morgan fingerprint density at radius 1 is 1.31 bits per heavy atom. The standard InChI is InChI=1S/C11H13NO6.C5H11NO2/c13-5-7-8(14)9(15)10(18-7)12-3-1-2-6(4-12)11(16)17;1-3(2)4(6)5(7)8/h1-4,7-10,13-15H,5H2;3-4H,6H2,1-2H3,(H,7,8)/t7-,8-,9-,10-;4-/m10/s1. The third-order valence-corrected chi connectivity index (χ3v) is 3.98. The summed E-state index contributed by atoms with van der Waals surface area (Å²) in [7, 11) is 0. The summed E-state index contributed by atoms with van der Waals surface area (Å²) in [6.45, 7) is 3.16. The molecule has 0 unspecified atom stereocenters. The molecule has 1 aliphatic heterocycles. The van der Waals surface area contributed by atoms with Crippen molar-refractivity contribution < 1.29 is 50.2 Å². The average Bonchev–Trinajstić information content (AvgIpc) is 2.89. The van der Waals surface area contributed by atoms with Crippen LogP contribution in [0.15, 0.2) is 24.5 Å². The van der Waals surface area contributed by atoms with E-state index in [1.165, 1.54) is 29.1 Å². The number of rotatable bonds is 5. The van der Waals surface area contributed by atoms with E-state index < -0.39 is 49.1 Å². The molecule has 10 nitrogen and oxygen atoms in total. The number of carbonyl (C=O) groups excluding carboxylic acids is 2. The number of pyridine rings is 1. The van der Waals surface area contributed by atoms with Gasteiger partial charge >= 0.3 is 0 Å². The van der Waals surface area contributed by atoms with Gasteiger partial charge in [0.05, 0.1) is 24.1 Å². The first-order chi connectivity index (χ1) is 12.1. The molecule has 1 aliphatic rings. The molecule has 5 atom stereocenters. The van der Waals surface area contributed by atoms with Crippen molar-refractivity contribution in [2.45, 2.75) is 44.4 Å². The Morgan fingerprint density at radius 2 is 1.92 bits per heavy atom. The minimum absolute atomic E-state index is 0.0694. The summed E-state index contributed by atoms with van der Waals surface area (Å²) in [5, 5.41) is 49.0. The second-order valence-corrected chi connectivity index (χ2v) is 6.23. The van der Waals surface area contributed by atoms with Gasteiger partial charge in [0, 0.05) is 12.0 Å². The molecule has 10 heteroatoms. The minimum atomic E-state index is -1.35. The number of hydrogen-bond donors (Lipinski definition) is 4. The van der Waals surface area contributed by atoms with Gasteiger partial charge in [-0.3, -0.25) is 0 Å². The highest BCUT2D eigenvalue weighted by Gasteiger charge is 2.47. The van der Waals surface area contributed by atoms with Gasteiger partial charge in [0.15, 0.2) is 18.5 Å². The Hall–Kier alpha value is -2.11. The molecule has 1 aromatic rings. The van der Waals surface area contributed by atoms with Gasteiger partial charge in [-0.05, 0) is 6.07 Å². The third-order valence-electron chi connectivity index (χ3n) is 3.98. The number of aliphatic hydroxyl groups is 3. The van der Waals surface area contributed by atoms with E-state index in [0.717, 1.165) is 0 Å². The quantitative estimate of drug-likeness (QED) is 0.370. The number of quaternary nitrogens is 1. The summed E-state index contributed by atoms with van der Waals surface area (Å²) < 4.78 is 6.57. The number of carbonyl (C=O) groups is 2. The molecule has 0 saturated carbocycles. The van der Waals surface area contributed by atoms with Gasteiger partial charge in [0.1, 0.15) is 18.2 Å². The lowest BCUT2D eigenvalue weighted by Crippen LogP contribution is -2.70. The molecular formula is C16H24N2O8. The molecule has 0 spiro atoms. The second kappa shape index (κ2) is 9.55. The topological polar surface area (TPSA) is 182 Å². The molecular weight excluding hydrogens is 348 g/mol. The van der Waals surface area contributed by atoms with Crippen molar-refractivity contribution in [2.24, 2.45) is 5.92 Å². The highest BCUT2D eigenvalue weighted by Crippen LogP contribution is 2.24. The van der Waals surface area contributed by atoms with E-state index in [4.69, 9.17) is 9.84 Å². The zero-order valence-corrected chi connectivity index (χ0v) is 14.5. The number of aromatic carboxylic acids is 1. The van der Waals surface area contributed by atoms with Crippen LogP contribution >= 0.6 is 0 Å². The van der Waals surface area contributed by atoms with E-state index in [9.17, 15) is 30.0 Å². The number of carboxylic acids is 2. The lowest BCUT2D eigenvalue weighted by Gasteiger charge is -2.11. The SMILES string of the molecule is CC(C)[C@H]([NH3+])C(=O)[O-].O=C([O-])c1ccc[n+]([C@@H]2O[C@H](CO)[C@@H](O)[C@H]2O)c1. The van der Waals surface area contributed by atoms with Gasteiger partial charge in [-0.25, -0.2) is 0 Å². The zero-order valence-electron chi connectivity index (χ0n) is 14.5. The summed E-state index contributed by atoms with van der Waals surface area (Å²) in [6, 6.07) is 2.22. The fraction of sp³-hybridized carbons (Fsp3) is 0.562. The number of carboxylic acid groups (broad SMARTS) is 2. The van der Waals surface area contributed by atoms with Crippen LogP contribution in [0.25, 0.3) is 0 Å². The molecule has 0 aromatic carbocycles. The first kappa shape index (κ1) is 21.9. The number of aromatic nitrogens is 1. The van der Waals surface area contributed by atoms with Crippen LogP contribution in [0.4, 0.5) is 0 Å². The third kappa shape index (κ3) is 5.44. The molecule has 0 bridgehead atoms. The molecule has 1 aromatic heterocycles. The molecule has 0 radical (unpaired) electrons. The number of aliphatic carboxylic acids is 1. The van der Waals surface area contributed by atoms with Gasteiger partial charge in [0.25, 0.3) is 6.23 Å². The Kier molecular flexibility index (Phi) is 8.06. The molecule has 146 valence electrons. The lowest BCUT2D eigenvalue weighted by molar-refractivity contribution is -0.765. The normalized spacial score (nSPS) is 26.1. The van der Waals surface area contributed by atoms with E-state index in [1.54, 1.807) is 13.8 Å². The highest BCUT2D eigenvalue weighted by molar-refractivity contribution is 5.84. The van der Waals surface area contributed by atoms with E-state index in [2.05, 4.69) is 5.73 Å². The summed E-state index contributed by atoms with van der Waals surface area (Å²) in [5.41, 5.74) is 3.30. The van der Waals surface area contributed by atoms with Gasteiger partial charge in [-0.1, -0.05) is 13.8 Å². The van der Waals surface area contributed by atoms with E-state index in [-0.39, 0.29) is 11.5 Å². The maximum absolute atomic E-state index is 10.7. The molecule has 1 saturated heterocycles. The first-order valence-corrected chi connectivity index (χ1v) is 7.98. The van der Waals surface area contributed by atoms with Crippen LogP contribution in [-0.4, -0.2) is 58.2 Å². The van der Waals surface area contributed by atoms with Crippen LogP contribution in [-0.2, 0) is 9.53 Å². The molecule has 6 N–H and O–H groups in total. The number of ether oxygens (including phenoxy) is 1. The van der Waals surface area contributed by atoms with Crippen molar-refractivity contribution >= 4 is 11.9 Å². The van der Waals surface area contributed by atoms with Crippen molar-refractivity contribution in [3.05, 3.63) is 30.1 Å². The number of nitrogens with zero attached hydrogens (tertiary/aromatic N) is 1. The summed E-state index contributed by atoms with van der Waals surface area (Å²) >= 11 is 0. The predicted octanol–water partition coefficient (Wildman–Crippen LogP) is -5.05. The van der Waals surface area contributed by atoms with E-state index in [1.807, 2.05) is 0 Å². The van der Waals surface area contributed by atoms with Gasteiger partial charge in [-0.2, -0.15) is 4.57 Å². The van der Waals surface area contributed by atoms with Crippen molar-refractivity contribution in [3.8, 4) is 0 Å². The smallest absolute Gasteiger partial charge is 0.292 e. The summed E-state index contributed by atoms with van der Waals surface area (Å²) in [6.07, 6.45) is -1.59. The van der Waals surface area contributed by atoms with Crippen LogP contribution in [0.5, 0.6) is 0 Å². The van der Waals surface area contributed by atoms with Crippen molar-refractivity contribution in [3.63, 3.8) is 0 Å². The van der Waals surface area contributed by atoms with Crippen LogP contribution in [0, 0.1) is 5.92 Å². The van der Waals surface area contributed by atoms with Crippen molar-refractivity contribution in [1.29, 1.82) is 0 Å². The van der Waals surface area contributed by atoms with E-state index in [0.29, 0.717) is 0 Å². The van der Waals surface area contributed by atoms with Gasteiger partial charge in [0.2, 0.25) is 0 Å². The Bertz CT molecular complexity index is 624. The van der Waals surface area contributed by atoms with Crippen molar-refractivity contribution in [2.75, 3.05) is 6.61 Å². The van der Waals surface area contributed by atoms with Crippen LogP contribution in [0.2, 0.25) is 0 Å². The highest BCUT2D eigenvalue weighted by atomic mass is 16.6. The summed E-state index contributed by atoms with van der Waals surface area (Å²) in [5.74, 6) is -2.35. The maximum Gasteiger partial charge on any atom is 0.292 e. The summed E-state index contributed by atoms with van der Waals surface area (Å²) in [4.78, 5) is 20.7. The molecule has 0 aliphatic carbocycles. The van der Waals surface area contributed by atoms with Gasteiger partial charge < -0.3 is 45.6 Å². The zero-order chi connectivity index (χ0) is 20.0. The van der Waals surface area contributed by atoms with Gasteiger partial charge in [-0.15, -0.1) is 0 Å². The molecule has 1 fully saturated rings. The Balaban J connectivity index is 0.000000359. The fourth-order valence-electron chi connectivity index (χ4n) is 2.17. The van der Waals surface area contributed by atoms with Crippen LogP contribution in [0.3, 0.4) is 0 Å². The minimum Gasteiger partial charge on any atom is -0.545 e. The number of hydrogen-bond acceptors (Lipinski definition) is 8. The predicted molar refractivity (Wildman–Crippen MR) is 80.5 cm³/mol. The largest absolute Gasteiger partial charge is 0.545 e. The van der Waals surface area contributed by atoms with Crippen molar-refractivity contribution in [1.82, 2.24) is 0 Å². The fourth-order valence-corrected chi connectivity index (χ4v) is 2.17. The molecule has 26 heavy (non-hydrogen) atoms. The Morgan fingerprint density at radius 3 is 2.31 bits per heavy atom. The molecule has 2 rings (SSSR count). The van der Waals surface area contributed by atoms with Crippen LogP contribution in [0.1, 0.15) is 30.4 Å². The molecule has 2 heterocycles. The monoisotopic (exact) mass is 372 g/mol.